The normalized spacial score (nSPS) is 23.5. The number of esters is 2. The fourth-order valence-electron chi connectivity index (χ4n) is 13.2. The maximum atomic E-state index is 16.0. The third kappa shape index (κ3) is 12.6. The number of aldehydes is 1. The molecule has 0 bridgehead atoms. The number of nitrogens with two attached hydrogens (primary N) is 1. The van der Waals surface area contributed by atoms with Crippen LogP contribution in [0.15, 0.2) is 109 Å². The Labute approximate surface area is 542 Å². The first kappa shape index (κ1) is 69.3. The summed E-state index contributed by atoms with van der Waals surface area (Å²) in [7, 11) is 2.35. The Kier molecular flexibility index (Phi) is 21.4. The predicted molar refractivity (Wildman–Crippen MR) is 339 cm³/mol. The number of likely N-dealkylation sites (tertiary alicyclic amines) is 2. The van der Waals surface area contributed by atoms with Crippen molar-refractivity contribution in [2.24, 2.45) is 17.6 Å². The second kappa shape index (κ2) is 28.1. The molecule has 6 aromatic carbocycles. The zero-order valence-corrected chi connectivity index (χ0v) is 50.5. The lowest BCUT2D eigenvalue weighted by Gasteiger charge is -2.39. The van der Waals surface area contributed by atoms with Gasteiger partial charge in [-0.2, -0.15) is 0 Å². The summed E-state index contributed by atoms with van der Waals surface area (Å²) in [6.45, 7) is 0.369. The largest absolute Gasteiger partial charge is 0.465 e. The minimum atomic E-state index is -1.46. The van der Waals surface area contributed by atoms with E-state index in [1.165, 1.54) is 50.6 Å². The van der Waals surface area contributed by atoms with Gasteiger partial charge in [0.1, 0.15) is 22.7 Å². The molecule has 4 heterocycles. The van der Waals surface area contributed by atoms with Crippen LogP contribution in [0.5, 0.6) is 0 Å². The van der Waals surface area contributed by atoms with Crippen LogP contribution in [0, 0.1) is 43.7 Å². The predicted octanol–water partition coefficient (Wildman–Crippen LogP) is 10.9. The number of ether oxygens (including phenoxy) is 2. The molecule has 0 unspecified atom stereocenters. The molecule has 0 aromatic heterocycles. The van der Waals surface area contributed by atoms with Crippen LogP contribution < -0.4 is 21.7 Å². The first-order valence-electron chi connectivity index (χ1n) is 28.1. The third-order valence-corrected chi connectivity index (χ3v) is 18.6. The van der Waals surface area contributed by atoms with Crippen molar-refractivity contribution in [1.29, 1.82) is 0 Å². The van der Waals surface area contributed by atoms with E-state index < -0.39 is 92.1 Å². The smallest absolute Gasteiger partial charge is 0.338 e. The minimum Gasteiger partial charge on any atom is -0.465 e. The Morgan fingerprint density at radius 1 is 0.681 bits per heavy atom. The molecular weight excluding hydrogens is 1270 g/mol. The summed E-state index contributed by atoms with van der Waals surface area (Å²) in [6, 6.07) is 24.5. The first-order valence-corrected chi connectivity index (χ1v) is 29.6. The van der Waals surface area contributed by atoms with Gasteiger partial charge in [-0.05, 0) is 103 Å². The fourth-order valence-corrected chi connectivity index (χ4v) is 13.9. The Morgan fingerprint density at radius 3 is 1.58 bits per heavy atom. The number of nitro groups is 2. The SMILES string of the molecule is C.C.COC(=O)c1ccc(C=O)c([N+](=O)[O-])c1.COC(=O)c1ccc(CN[C@@H]2[C@H](CO)N(CC3CC3)[C@@]3(C(=O)Nc4cc(Cl)ccc43)[C@H]2c2cccc(Cl)c2F)c([N+](=O)[O-])c1.N[C@@H]1[C@H](CO)N(CC2CC2)[C@@]2(C(=O)Nc3cc(Cl)ccc32)[C@H]1c1cccc(Cl)c1F. The third-order valence-electron chi connectivity index (χ3n) is 17.5. The topological polar surface area (TPSA) is 299 Å². The van der Waals surface area contributed by atoms with Gasteiger partial charge in [0.15, 0.2) is 6.29 Å². The van der Waals surface area contributed by atoms with Crippen molar-refractivity contribution >= 4 is 99.2 Å². The van der Waals surface area contributed by atoms with Gasteiger partial charge < -0.3 is 41.4 Å². The number of carbonyl (C=O) groups is 5. The van der Waals surface area contributed by atoms with E-state index in [2.05, 4.69) is 20.7 Å². The number of aliphatic hydroxyl groups is 2. The van der Waals surface area contributed by atoms with E-state index in [4.69, 9.17) is 56.9 Å². The lowest BCUT2D eigenvalue weighted by molar-refractivity contribution is -0.385. The molecular formula is C64H66Cl4F2N8O13. The number of nitro benzene ring substituents is 2. The minimum absolute atomic E-state index is 0. The number of benzene rings is 6. The summed E-state index contributed by atoms with van der Waals surface area (Å²) in [5.74, 6) is -4.30. The van der Waals surface area contributed by atoms with Crippen molar-refractivity contribution in [2.45, 2.75) is 94.2 Å². The molecule has 4 aliphatic heterocycles. The molecule has 2 spiro atoms. The number of hydrogen-bond donors (Lipinski definition) is 6. The molecule has 21 nitrogen and oxygen atoms in total. The molecule has 8 atom stereocenters. The molecule has 6 aromatic rings. The summed E-state index contributed by atoms with van der Waals surface area (Å²) >= 11 is 24.9. The number of amides is 2. The highest BCUT2D eigenvalue weighted by atomic mass is 35.5. The van der Waals surface area contributed by atoms with Gasteiger partial charge in [-0.1, -0.05) is 104 Å². The number of rotatable bonds is 16. The van der Waals surface area contributed by atoms with E-state index in [0.29, 0.717) is 57.8 Å². The molecule has 2 saturated heterocycles. The van der Waals surface area contributed by atoms with Crippen molar-refractivity contribution in [3.05, 3.63) is 206 Å². The molecule has 7 N–H and O–H groups in total. The summed E-state index contributed by atoms with van der Waals surface area (Å²) in [4.78, 5) is 86.7. The number of halogens is 6. The quantitative estimate of drug-likeness (QED) is 0.0227. The fraction of sp³-hybridized carbons (Fsp3) is 0.359. The molecule has 12 rings (SSSR count). The molecule has 6 aliphatic rings. The number of carbonyl (C=O) groups excluding carboxylic acids is 5. The Bertz CT molecular complexity index is 3850. The number of nitrogens with one attached hydrogen (secondary N) is 3. The monoisotopic (exact) mass is 1330 g/mol. The average molecular weight is 1340 g/mol. The van der Waals surface area contributed by atoms with Crippen LogP contribution in [0.25, 0.3) is 0 Å². The van der Waals surface area contributed by atoms with Crippen LogP contribution in [-0.2, 0) is 36.7 Å². The molecule has 4 fully saturated rings. The highest BCUT2D eigenvalue weighted by molar-refractivity contribution is 6.32. The van der Waals surface area contributed by atoms with Gasteiger partial charge in [0.2, 0.25) is 11.8 Å². The van der Waals surface area contributed by atoms with E-state index in [-0.39, 0.29) is 95.6 Å². The van der Waals surface area contributed by atoms with Crippen LogP contribution in [0.1, 0.15) is 111 Å². The van der Waals surface area contributed by atoms with Crippen LogP contribution in [-0.4, -0.2) is 125 Å². The lowest BCUT2D eigenvalue weighted by Crippen LogP contribution is -2.53. The van der Waals surface area contributed by atoms with E-state index >= 15 is 8.78 Å². The molecule has 2 saturated carbocycles. The Morgan fingerprint density at radius 2 is 1.13 bits per heavy atom. The summed E-state index contributed by atoms with van der Waals surface area (Å²) in [5, 5.41) is 53.7. The second-order valence-electron chi connectivity index (χ2n) is 22.5. The van der Waals surface area contributed by atoms with Crippen LogP contribution in [0.3, 0.4) is 0 Å². The van der Waals surface area contributed by atoms with E-state index in [1.807, 2.05) is 9.80 Å². The zero-order chi connectivity index (χ0) is 64.0. The molecule has 0 radical (unpaired) electrons. The molecule has 27 heteroatoms. The van der Waals surface area contributed by atoms with Crippen LogP contribution >= 0.6 is 46.4 Å². The van der Waals surface area contributed by atoms with Crippen molar-refractivity contribution in [2.75, 3.05) is 51.2 Å². The number of anilines is 2. The van der Waals surface area contributed by atoms with Crippen molar-refractivity contribution in [3.63, 3.8) is 0 Å². The number of methoxy groups -OCH3 is 2. The maximum Gasteiger partial charge on any atom is 0.338 e. The van der Waals surface area contributed by atoms with Crippen molar-refractivity contribution < 1.29 is 62.3 Å². The van der Waals surface area contributed by atoms with Gasteiger partial charge in [0.05, 0.1) is 70.1 Å². The van der Waals surface area contributed by atoms with Crippen LogP contribution in [0.2, 0.25) is 20.1 Å². The van der Waals surface area contributed by atoms with Gasteiger partial charge in [-0.3, -0.25) is 44.4 Å². The van der Waals surface area contributed by atoms with E-state index in [1.54, 1.807) is 60.7 Å². The lowest BCUT2D eigenvalue weighted by atomic mass is 9.73. The summed E-state index contributed by atoms with van der Waals surface area (Å²) in [6.07, 6.45) is 4.38. The number of hydrogen-bond acceptors (Lipinski definition) is 17. The molecule has 2 amide bonds. The highest BCUT2D eigenvalue weighted by Crippen LogP contribution is 2.60. The second-order valence-corrected chi connectivity index (χ2v) is 24.2. The Balaban J connectivity index is 0.000000196. The summed E-state index contributed by atoms with van der Waals surface area (Å²) < 4.78 is 40.4. The number of aliphatic hydroxyl groups excluding tert-OH is 2. The van der Waals surface area contributed by atoms with Gasteiger partial charge in [0.25, 0.3) is 11.4 Å². The average Bonchev–Trinajstić information content (AvgIpc) is 1.54. The molecule has 91 heavy (non-hydrogen) atoms. The molecule has 2 aliphatic carbocycles. The van der Waals surface area contributed by atoms with Crippen molar-refractivity contribution in [3.8, 4) is 0 Å². The first-order chi connectivity index (χ1) is 42.6. The Hall–Kier alpha value is -7.55. The van der Waals surface area contributed by atoms with Gasteiger partial charge >= 0.3 is 11.9 Å². The number of nitrogens with zero attached hydrogens (tertiary/aromatic N) is 4. The van der Waals surface area contributed by atoms with E-state index in [0.717, 1.165) is 37.8 Å². The standard InChI is InChI=1S/C31H29Cl2FN4O6.C22H22Cl2FN3O2.C9H7NO5.2CH4/c1-44-29(40)17-7-8-18(24(11-17)38(42)43)13-35-28-25(15-39)37(14-16-5-6-16)31(26(28)20-3-2-4-22(33)27(20)34)21-10-9-19(32)12-23(21)36-30(31)41;23-12-6-7-14-16(8-12)27-21(30)22(14)18(13-2-1-3-15(24)19(13)25)20(26)17(10-29)28(22)9-11-4-5-11;1-15-9(12)6-2-3-7(5-11)8(4-6)10(13)14;;/h2-4,7-12,16,25-26,28,35,39H,5-6,13-15H2,1H3,(H,36,41);1-3,6-8,11,17-18,20,29H,4-5,9-10,26H2,(H,27,30);2-5H,1H3;2*1H4/t25-,26-,28+,31+;17-,18-,20+,22+;;;/m00.../s1. The highest BCUT2D eigenvalue weighted by Gasteiger charge is 2.69. The van der Waals surface area contributed by atoms with Crippen molar-refractivity contribution in [1.82, 2.24) is 15.1 Å². The summed E-state index contributed by atoms with van der Waals surface area (Å²) in [5.41, 5.74) is 6.28. The van der Waals surface area contributed by atoms with Gasteiger partial charge in [0, 0.05) is 99.8 Å². The zero-order valence-electron chi connectivity index (χ0n) is 47.5. The van der Waals surface area contributed by atoms with Gasteiger partial charge in [-0.15, -0.1) is 0 Å². The van der Waals surface area contributed by atoms with Gasteiger partial charge in [-0.25, -0.2) is 18.4 Å². The van der Waals surface area contributed by atoms with E-state index in [9.17, 15) is 54.4 Å². The maximum absolute atomic E-state index is 16.0. The molecule has 482 valence electrons. The number of fused-ring (bicyclic) bond motifs is 4. The van der Waals surface area contributed by atoms with Crippen LogP contribution in [0.4, 0.5) is 31.5 Å².